The number of carbonyl (C=O) groups excluding carboxylic acids is 1. The van der Waals surface area contributed by atoms with Crippen LogP contribution in [0.3, 0.4) is 0 Å². The molecule has 0 bridgehead atoms. The van der Waals surface area contributed by atoms with Crippen molar-refractivity contribution in [3.63, 3.8) is 0 Å². The second kappa shape index (κ2) is 11.8. The molecule has 6 nitrogen and oxygen atoms in total. The number of benzene rings is 2. The Morgan fingerprint density at radius 2 is 1.65 bits per heavy atom. The number of rotatable bonds is 10. The monoisotopic (exact) mass is 520 g/mol. The van der Waals surface area contributed by atoms with Crippen molar-refractivity contribution < 1.29 is 33.0 Å². The molecule has 2 rings (SSSR count). The molecule has 0 radical (unpaired) electrons. The number of aliphatic hydroxyl groups excluding tert-OH is 1. The Morgan fingerprint density at radius 1 is 1.00 bits per heavy atom. The number of para-hydroxylation sites is 1. The molecule has 0 heterocycles. The lowest BCUT2D eigenvalue weighted by atomic mass is 9.75. The first-order valence-electron chi connectivity index (χ1n) is 10.3. The Bertz CT molecular complexity index is 992. The van der Waals surface area contributed by atoms with Gasteiger partial charge in [-0.2, -0.15) is 13.2 Å². The number of carbonyl (C=O) groups is 2. The van der Waals surface area contributed by atoms with Crippen LogP contribution >= 0.6 is 23.2 Å². The van der Waals surface area contributed by atoms with Gasteiger partial charge in [0.15, 0.2) is 0 Å². The fourth-order valence-electron chi connectivity index (χ4n) is 3.81. The first kappa shape index (κ1) is 27.8. The molecule has 0 unspecified atom stereocenters. The first-order chi connectivity index (χ1) is 15.9. The standard InChI is InChI=1S/C23H25Cl2F3N2O4/c1-29(20(32)13-23(26,27)28)14-22(10-5-11-31,16-8-9-18(24)19(25)12-16)15-30(21(33)34)17-6-3-2-4-7-17/h2-4,6-9,12,31H,5,10-11,13-15H2,1H3,(H,33,34)/t22-/m0/s1. The first-order valence-corrected chi connectivity index (χ1v) is 11.1. The third-order valence-corrected chi connectivity index (χ3v) is 6.16. The van der Waals surface area contributed by atoms with Crippen LogP contribution in [0.15, 0.2) is 48.5 Å². The summed E-state index contributed by atoms with van der Waals surface area (Å²) in [5.41, 5.74) is -0.391. The quantitative estimate of drug-likeness (QED) is 0.427. The molecule has 11 heteroatoms. The van der Waals surface area contributed by atoms with Gasteiger partial charge in [-0.1, -0.05) is 47.5 Å². The van der Waals surface area contributed by atoms with E-state index in [-0.39, 0.29) is 42.6 Å². The SMILES string of the molecule is CN(C[C@@](CCCO)(CN(C(=O)O)c1ccccc1)c1ccc(Cl)c(Cl)c1)C(=O)CC(F)(F)F. The average Bonchev–Trinajstić information content (AvgIpc) is 2.76. The summed E-state index contributed by atoms with van der Waals surface area (Å²) in [7, 11) is 1.23. The summed E-state index contributed by atoms with van der Waals surface area (Å²) in [5.74, 6) is -1.16. The van der Waals surface area contributed by atoms with Gasteiger partial charge in [0, 0.05) is 37.8 Å². The summed E-state index contributed by atoms with van der Waals surface area (Å²) in [6, 6.07) is 12.8. The average molecular weight is 521 g/mol. The lowest BCUT2D eigenvalue weighted by molar-refractivity contribution is -0.161. The minimum absolute atomic E-state index is 0.154. The molecule has 1 atom stereocenters. The highest BCUT2D eigenvalue weighted by atomic mass is 35.5. The van der Waals surface area contributed by atoms with E-state index < -0.39 is 30.0 Å². The van der Waals surface area contributed by atoms with Crippen LogP contribution in [0.2, 0.25) is 10.0 Å². The number of nitrogens with zero attached hydrogens (tertiary/aromatic N) is 2. The summed E-state index contributed by atoms with van der Waals surface area (Å²) in [6.45, 7) is -0.716. The Balaban J connectivity index is 2.60. The van der Waals surface area contributed by atoms with E-state index >= 15 is 0 Å². The molecule has 0 fully saturated rings. The number of halogens is 5. The molecule has 2 N–H and O–H groups in total. The van der Waals surface area contributed by atoms with Gasteiger partial charge in [0.1, 0.15) is 6.42 Å². The molecule has 0 aromatic heterocycles. The second-order valence-electron chi connectivity index (χ2n) is 7.98. The van der Waals surface area contributed by atoms with Crippen molar-refractivity contribution in [2.75, 3.05) is 31.6 Å². The van der Waals surface area contributed by atoms with Gasteiger partial charge in [-0.15, -0.1) is 0 Å². The zero-order chi connectivity index (χ0) is 25.5. The number of hydrogen-bond donors (Lipinski definition) is 2. The van der Waals surface area contributed by atoms with Gasteiger partial charge >= 0.3 is 12.3 Å². The van der Waals surface area contributed by atoms with Crippen molar-refractivity contribution in [1.82, 2.24) is 4.90 Å². The van der Waals surface area contributed by atoms with Crippen molar-refractivity contribution >= 4 is 40.9 Å². The fourth-order valence-corrected chi connectivity index (χ4v) is 4.11. The Morgan fingerprint density at radius 3 is 2.18 bits per heavy atom. The Hall–Kier alpha value is -2.49. The summed E-state index contributed by atoms with van der Waals surface area (Å²) in [5, 5.41) is 19.9. The normalized spacial score (nSPS) is 13.3. The molecule has 2 amide bonds. The van der Waals surface area contributed by atoms with Gasteiger partial charge in [-0.05, 0) is 42.7 Å². The van der Waals surface area contributed by atoms with Crippen LogP contribution in [0.1, 0.15) is 24.8 Å². The predicted octanol–water partition coefficient (Wildman–Crippen LogP) is 5.60. The molecule has 0 saturated heterocycles. The Labute approximate surface area is 205 Å². The summed E-state index contributed by atoms with van der Waals surface area (Å²) in [4.78, 5) is 26.5. The molecular weight excluding hydrogens is 496 g/mol. The van der Waals surface area contributed by atoms with E-state index in [9.17, 15) is 33.0 Å². The summed E-state index contributed by atoms with van der Waals surface area (Å²) in [6.07, 6.45) is -7.28. The maximum atomic E-state index is 12.9. The van der Waals surface area contributed by atoms with Crippen LogP contribution in [0.4, 0.5) is 23.7 Å². The van der Waals surface area contributed by atoms with E-state index in [0.717, 1.165) is 9.80 Å². The van der Waals surface area contributed by atoms with Gasteiger partial charge in [0.05, 0.1) is 10.0 Å². The molecule has 2 aromatic rings. The van der Waals surface area contributed by atoms with Gasteiger partial charge in [0.25, 0.3) is 0 Å². The molecule has 0 saturated carbocycles. The third-order valence-electron chi connectivity index (χ3n) is 5.42. The van der Waals surface area contributed by atoms with Crippen LogP contribution in [0, 0.1) is 0 Å². The van der Waals surface area contributed by atoms with Crippen molar-refractivity contribution in [1.29, 1.82) is 0 Å². The lowest BCUT2D eigenvalue weighted by Crippen LogP contribution is -2.51. The number of amides is 2. The van der Waals surface area contributed by atoms with Gasteiger partial charge in [-0.3, -0.25) is 9.69 Å². The molecule has 0 spiro atoms. The van der Waals surface area contributed by atoms with Crippen LogP contribution in [-0.2, 0) is 10.2 Å². The largest absolute Gasteiger partial charge is 0.465 e. The molecular formula is C23H25Cl2F3N2O4. The van der Waals surface area contributed by atoms with E-state index in [2.05, 4.69) is 0 Å². The number of anilines is 1. The molecule has 34 heavy (non-hydrogen) atoms. The zero-order valence-corrected chi connectivity index (χ0v) is 19.9. The van der Waals surface area contributed by atoms with E-state index in [4.69, 9.17) is 23.2 Å². The highest BCUT2D eigenvalue weighted by Gasteiger charge is 2.40. The highest BCUT2D eigenvalue weighted by molar-refractivity contribution is 6.42. The maximum absolute atomic E-state index is 12.9. The van der Waals surface area contributed by atoms with Gasteiger partial charge < -0.3 is 15.1 Å². The van der Waals surface area contributed by atoms with E-state index in [1.165, 1.54) is 19.2 Å². The van der Waals surface area contributed by atoms with Gasteiger partial charge in [-0.25, -0.2) is 4.79 Å². The third kappa shape index (κ3) is 7.51. The second-order valence-corrected chi connectivity index (χ2v) is 8.80. The topological polar surface area (TPSA) is 81.1 Å². The Kier molecular flexibility index (Phi) is 9.61. The van der Waals surface area contributed by atoms with Crippen molar-refractivity contribution in [3.8, 4) is 0 Å². The van der Waals surface area contributed by atoms with Crippen molar-refractivity contribution in [3.05, 3.63) is 64.1 Å². The molecule has 0 aliphatic carbocycles. The minimum Gasteiger partial charge on any atom is -0.465 e. The van der Waals surface area contributed by atoms with Crippen LogP contribution < -0.4 is 4.90 Å². The number of alkyl halides is 3. The van der Waals surface area contributed by atoms with Crippen LogP contribution in [-0.4, -0.2) is 60.0 Å². The molecule has 0 aliphatic heterocycles. The minimum atomic E-state index is -4.69. The summed E-state index contributed by atoms with van der Waals surface area (Å²) >= 11 is 12.3. The number of hydrogen-bond acceptors (Lipinski definition) is 3. The van der Waals surface area contributed by atoms with E-state index in [0.29, 0.717) is 11.3 Å². The molecule has 0 aliphatic rings. The zero-order valence-electron chi connectivity index (χ0n) is 18.4. The van der Waals surface area contributed by atoms with Crippen molar-refractivity contribution in [2.24, 2.45) is 0 Å². The van der Waals surface area contributed by atoms with Gasteiger partial charge in [0.2, 0.25) is 5.91 Å². The van der Waals surface area contributed by atoms with E-state index in [1.54, 1.807) is 36.4 Å². The smallest absolute Gasteiger partial charge is 0.411 e. The fraction of sp³-hybridized carbons (Fsp3) is 0.391. The lowest BCUT2D eigenvalue weighted by Gasteiger charge is -2.41. The maximum Gasteiger partial charge on any atom is 0.411 e. The van der Waals surface area contributed by atoms with Crippen molar-refractivity contribution in [2.45, 2.75) is 30.9 Å². The highest BCUT2D eigenvalue weighted by Crippen LogP contribution is 2.37. The number of aliphatic hydroxyl groups is 1. The number of likely N-dealkylation sites (N-methyl/N-ethyl adjacent to an activating group) is 1. The predicted molar refractivity (Wildman–Crippen MR) is 125 cm³/mol. The number of carboxylic acid groups (broad SMARTS) is 1. The van der Waals surface area contributed by atoms with Crippen LogP contribution in [0.5, 0.6) is 0 Å². The summed E-state index contributed by atoms with van der Waals surface area (Å²) < 4.78 is 38.6. The molecule has 186 valence electrons. The molecule has 2 aromatic carbocycles. The van der Waals surface area contributed by atoms with Crippen LogP contribution in [0.25, 0.3) is 0 Å². The van der Waals surface area contributed by atoms with E-state index in [1.807, 2.05) is 0 Å².